The van der Waals surface area contributed by atoms with Crippen LogP contribution in [-0.2, 0) is 14.3 Å². The number of cyclic esters (lactones) is 1. The largest absolute Gasteiger partial charge is 0.454 e. The zero-order valence-electron chi connectivity index (χ0n) is 8.37. The van der Waals surface area contributed by atoms with E-state index in [0.717, 1.165) is 0 Å². The van der Waals surface area contributed by atoms with Gasteiger partial charge in [-0.25, -0.2) is 0 Å². The summed E-state index contributed by atoms with van der Waals surface area (Å²) >= 11 is 0. The van der Waals surface area contributed by atoms with Crippen LogP contribution in [0.2, 0.25) is 0 Å². The smallest absolute Gasteiger partial charge is 0.309 e. The van der Waals surface area contributed by atoms with Gasteiger partial charge < -0.3 is 4.74 Å². The monoisotopic (exact) mass is 184 g/mol. The highest BCUT2D eigenvalue weighted by Gasteiger charge is 2.35. The highest BCUT2D eigenvalue weighted by atomic mass is 16.6. The van der Waals surface area contributed by atoms with Gasteiger partial charge in [0.15, 0.2) is 11.9 Å². The Hall–Kier alpha value is -0.860. The Morgan fingerprint density at radius 2 is 2.23 bits per heavy atom. The minimum Gasteiger partial charge on any atom is -0.454 e. The summed E-state index contributed by atoms with van der Waals surface area (Å²) in [5.74, 6) is 0.0537. The second-order valence-electron chi connectivity index (χ2n) is 4.13. The van der Waals surface area contributed by atoms with Crippen LogP contribution in [0.4, 0.5) is 0 Å². The van der Waals surface area contributed by atoms with E-state index in [1.54, 1.807) is 6.92 Å². The predicted octanol–water partition coefficient (Wildman–Crippen LogP) is 1.55. The number of hydrogen-bond donors (Lipinski definition) is 0. The molecular weight excluding hydrogens is 168 g/mol. The molecule has 1 rings (SSSR count). The zero-order chi connectivity index (χ0) is 10.0. The van der Waals surface area contributed by atoms with Gasteiger partial charge in [0.05, 0.1) is 5.92 Å². The second-order valence-corrected chi connectivity index (χ2v) is 4.13. The van der Waals surface area contributed by atoms with E-state index < -0.39 is 6.10 Å². The van der Waals surface area contributed by atoms with Crippen molar-refractivity contribution in [1.29, 1.82) is 0 Å². The first kappa shape index (κ1) is 10.2. The van der Waals surface area contributed by atoms with Gasteiger partial charge in [-0.2, -0.15) is 0 Å². The molecule has 0 aromatic heterocycles. The average molecular weight is 184 g/mol. The Morgan fingerprint density at radius 1 is 1.62 bits per heavy atom. The molecule has 13 heavy (non-hydrogen) atoms. The Kier molecular flexibility index (Phi) is 3.07. The van der Waals surface area contributed by atoms with E-state index >= 15 is 0 Å². The first-order valence-corrected chi connectivity index (χ1v) is 4.74. The summed E-state index contributed by atoms with van der Waals surface area (Å²) in [6, 6.07) is 0. The number of Topliss-reactive ketones (excluding diaryl/α,β-unsaturated/α-hetero) is 1. The van der Waals surface area contributed by atoms with Gasteiger partial charge in [0.2, 0.25) is 0 Å². The molecule has 0 N–H and O–H groups in total. The van der Waals surface area contributed by atoms with Gasteiger partial charge in [0.25, 0.3) is 0 Å². The second kappa shape index (κ2) is 3.90. The third kappa shape index (κ3) is 2.54. The number of carbonyl (C=O) groups excluding carboxylic acids is 2. The summed E-state index contributed by atoms with van der Waals surface area (Å²) in [6.45, 7) is 5.77. The number of ketones is 1. The molecule has 1 aliphatic rings. The van der Waals surface area contributed by atoms with Crippen LogP contribution in [0.15, 0.2) is 0 Å². The summed E-state index contributed by atoms with van der Waals surface area (Å²) in [6.07, 6.45) is 0.597. The van der Waals surface area contributed by atoms with Crippen LogP contribution in [0.3, 0.4) is 0 Å². The van der Waals surface area contributed by atoms with E-state index in [4.69, 9.17) is 4.74 Å². The highest BCUT2D eigenvalue weighted by Crippen LogP contribution is 2.22. The number of carbonyl (C=O) groups is 2. The minimum atomic E-state index is -0.468. The van der Waals surface area contributed by atoms with Crippen molar-refractivity contribution in [3.05, 3.63) is 0 Å². The van der Waals surface area contributed by atoms with Crippen molar-refractivity contribution in [3.8, 4) is 0 Å². The lowest BCUT2D eigenvalue weighted by molar-refractivity contribution is -0.149. The predicted molar refractivity (Wildman–Crippen MR) is 48.1 cm³/mol. The Morgan fingerprint density at radius 3 is 2.62 bits per heavy atom. The van der Waals surface area contributed by atoms with Gasteiger partial charge in [-0.15, -0.1) is 0 Å². The molecule has 0 unspecified atom stereocenters. The van der Waals surface area contributed by atoms with E-state index in [9.17, 15) is 9.59 Å². The summed E-state index contributed by atoms with van der Waals surface area (Å²) < 4.78 is 4.95. The van der Waals surface area contributed by atoms with Crippen molar-refractivity contribution in [1.82, 2.24) is 0 Å². The molecule has 0 radical (unpaired) electrons. The molecule has 3 heteroatoms. The Balaban J connectivity index is 2.46. The topological polar surface area (TPSA) is 43.4 Å². The summed E-state index contributed by atoms with van der Waals surface area (Å²) in [5, 5.41) is 0. The highest BCUT2D eigenvalue weighted by molar-refractivity contribution is 5.88. The average Bonchev–Trinajstić information content (AvgIpc) is 2.31. The molecule has 0 aromatic rings. The van der Waals surface area contributed by atoms with Crippen LogP contribution in [0, 0.1) is 11.8 Å². The quantitative estimate of drug-likeness (QED) is 0.625. The van der Waals surface area contributed by atoms with Crippen molar-refractivity contribution in [2.45, 2.75) is 39.7 Å². The van der Waals surface area contributed by atoms with E-state index in [-0.39, 0.29) is 17.7 Å². The van der Waals surface area contributed by atoms with E-state index in [1.165, 1.54) is 0 Å². The SMILES string of the molecule is CC(C)CC(=O)[C@@H]1C[C@@H](C)C(=O)O1. The van der Waals surface area contributed by atoms with Crippen molar-refractivity contribution >= 4 is 11.8 Å². The number of ether oxygens (including phenoxy) is 1. The molecular formula is C10H16O3. The number of esters is 1. The Bertz CT molecular complexity index is 220. The Labute approximate surface area is 78.5 Å². The molecule has 0 spiro atoms. The fraction of sp³-hybridized carbons (Fsp3) is 0.800. The molecule has 1 heterocycles. The molecule has 3 nitrogen and oxygen atoms in total. The van der Waals surface area contributed by atoms with E-state index in [2.05, 4.69) is 0 Å². The lowest BCUT2D eigenvalue weighted by Gasteiger charge is -2.09. The lowest BCUT2D eigenvalue weighted by atomic mass is 9.99. The summed E-state index contributed by atoms with van der Waals surface area (Å²) in [7, 11) is 0. The first-order chi connectivity index (χ1) is 6.00. The number of rotatable bonds is 3. The maximum Gasteiger partial charge on any atom is 0.309 e. The summed E-state index contributed by atoms with van der Waals surface area (Å²) in [5.41, 5.74) is 0. The van der Waals surface area contributed by atoms with Crippen LogP contribution in [-0.4, -0.2) is 17.9 Å². The van der Waals surface area contributed by atoms with Crippen LogP contribution < -0.4 is 0 Å². The van der Waals surface area contributed by atoms with Crippen molar-refractivity contribution in [2.75, 3.05) is 0 Å². The normalized spacial score (nSPS) is 27.8. The van der Waals surface area contributed by atoms with Gasteiger partial charge in [0, 0.05) is 12.8 Å². The van der Waals surface area contributed by atoms with Gasteiger partial charge >= 0.3 is 5.97 Å². The summed E-state index contributed by atoms with van der Waals surface area (Å²) in [4.78, 5) is 22.5. The van der Waals surface area contributed by atoms with Gasteiger partial charge in [-0.1, -0.05) is 20.8 Å². The van der Waals surface area contributed by atoms with Crippen molar-refractivity contribution < 1.29 is 14.3 Å². The molecule has 0 aromatic carbocycles. The number of hydrogen-bond acceptors (Lipinski definition) is 3. The fourth-order valence-corrected chi connectivity index (χ4v) is 1.45. The molecule has 1 aliphatic heterocycles. The van der Waals surface area contributed by atoms with Gasteiger partial charge in [-0.05, 0) is 5.92 Å². The molecule has 1 saturated heterocycles. The molecule has 0 saturated carbocycles. The maximum atomic E-state index is 11.5. The van der Waals surface area contributed by atoms with E-state index in [0.29, 0.717) is 18.8 Å². The van der Waals surface area contributed by atoms with Crippen LogP contribution in [0.25, 0.3) is 0 Å². The third-order valence-electron chi connectivity index (χ3n) is 2.20. The molecule has 0 aliphatic carbocycles. The van der Waals surface area contributed by atoms with Crippen molar-refractivity contribution in [2.24, 2.45) is 11.8 Å². The zero-order valence-corrected chi connectivity index (χ0v) is 8.37. The molecule has 1 fully saturated rings. The molecule has 2 atom stereocenters. The molecule has 0 amide bonds. The lowest BCUT2D eigenvalue weighted by Crippen LogP contribution is -2.21. The van der Waals surface area contributed by atoms with E-state index in [1.807, 2.05) is 13.8 Å². The first-order valence-electron chi connectivity index (χ1n) is 4.74. The standard InChI is InChI=1S/C10H16O3/c1-6(2)4-8(11)9-5-7(3)10(12)13-9/h6-7,9H,4-5H2,1-3H3/t7-,9+/m1/s1. The maximum absolute atomic E-state index is 11.5. The minimum absolute atomic E-state index is 0.0627. The van der Waals surface area contributed by atoms with Crippen LogP contribution in [0.1, 0.15) is 33.6 Å². The molecule has 74 valence electrons. The van der Waals surface area contributed by atoms with Gasteiger partial charge in [0.1, 0.15) is 0 Å². The fourth-order valence-electron chi connectivity index (χ4n) is 1.45. The van der Waals surface area contributed by atoms with Crippen LogP contribution in [0.5, 0.6) is 0 Å². The van der Waals surface area contributed by atoms with Gasteiger partial charge in [-0.3, -0.25) is 9.59 Å². The third-order valence-corrected chi connectivity index (χ3v) is 2.20. The molecule has 0 bridgehead atoms. The van der Waals surface area contributed by atoms with Crippen molar-refractivity contribution in [3.63, 3.8) is 0 Å². The van der Waals surface area contributed by atoms with Crippen LogP contribution >= 0.6 is 0 Å².